The minimum atomic E-state index is -0.0688. The van der Waals surface area contributed by atoms with E-state index in [1.165, 1.54) is 5.56 Å². The molecule has 7 heteroatoms. The maximum atomic E-state index is 4.76. The molecule has 1 aromatic carbocycles. The molecule has 0 amide bonds. The van der Waals surface area contributed by atoms with Crippen LogP contribution in [0.15, 0.2) is 47.9 Å². The fraction of sp³-hybridized carbons (Fsp3) is 0.333. The lowest BCUT2D eigenvalue weighted by molar-refractivity contribution is 0.647. The molecule has 28 heavy (non-hydrogen) atoms. The summed E-state index contributed by atoms with van der Waals surface area (Å²) in [7, 11) is 0. The molecule has 3 heterocycles. The number of aryl methyl sites for hydroxylation is 2. The zero-order valence-corrected chi connectivity index (χ0v) is 17.4. The first-order chi connectivity index (χ1) is 13.5. The third kappa shape index (κ3) is 3.94. The molecule has 0 aliphatic heterocycles. The van der Waals surface area contributed by atoms with E-state index in [1.54, 1.807) is 18.0 Å². The van der Waals surface area contributed by atoms with Crippen molar-refractivity contribution in [1.82, 2.24) is 29.5 Å². The van der Waals surface area contributed by atoms with Crippen molar-refractivity contribution in [2.75, 3.05) is 0 Å². The average Bonchev–Trinajstić information content (AvgIpc) is 3.29. The highest BCUT2D eigenvalue weighted by Gasteiger charge is 2.23. The molecule has 0 aliphatic rings. The maximum Gasteiger partial charge on any atom is 0.252 e. The van der Waals surface area contributed by atoms with Gasteiger partial charge in [-0.05, 0) is 43.4 Å². The van der Waals surface area contributed by atoms with Crippen LogP contribution >= 0.6 is 11.8 Å². The summed E-state index contributed by atoms with van der Waals surface area (Å²) in [5.74, 6) is 2.00. The Labute approximate surface area is 168 Å². The van der Waals surface area contributed by atoms with E-state index >= 15 is 0 Å². The lowest BCUT2D eigenvalue weighted by atomic mass is 10.0. The van der Waals surface area contributed by atoms with Crippen molar-refractivity contribution >= 4 is 17.5 Å². The van der Waals surface area contributed by atoms with Crippen LogP contribution in [-0.4, -0.2) is 29.5 Å². The average molecular weight is 393 g/mol. The van der Waals surface area contributed by atoms with Crippen molar-refractivity contribution in [3.8, 4) is 0 Å². The molecule has 0 saturated heterocycles. The normalized spacial score (nSPS) is 12.8. The van der Waals surface area contributed by atoms with Crippen LogP contribution in [0.1, 0.15) is 47.4 Å². The summed E-state index contributed by atoms with van der Waals surface area (Å²) in [6.07, 6.45) is 4.67. The van der Waals surface area contributed by atoms with Gasteiger partial charge < -0.3 is 4.98 Å². The van der Waals surface area contributed by atoms with Crippen LogP contribution in [0.2, 0.25) is 0 Å². The molecule has 6 nitrogen and oxygen atoms in total. The van der Waals surface area contributed by atoms with Gasteiger partial charge in [0.15, 0.2) is 11.0 Å². The molecular weight excluding hydrogens is 368 g/mol. The number of aromatic nitrogens is 6. The number of imidazole rings is 1. The molecule has 0 saturated carbocycles. The van der Waals surface area contributed by atoms with E-state index in [-0.39, 0.29) is 5.25 Å². The molecule has 0 radical (unpaired) electrons. The molecule has 4 aromatic rings. The number of thioether (sulfide) groups is 1. The number of nitrogens with zero attached hydrogens (tertiary/aromatic N) is 5. The Bertz CT molecular complexity index is 1070. The predicted octanol–water partition coefficient (Wildman–Crippen LogP) is 4.54. The SMILES string of the molecule is Cc1cc(C)n2nc(C(Sc3ncc[nH]3)c3ccc(CC(C)C)cc3)nc2n1. The highest BCUT2D eigenvalue weighted by molar-refractivity contribution is 7.99. The van der Waals surface area contributed by atoms with Gasteiger partial charge in [-0.3, -0.25) is 0 Å². The molecule has 3 aromatic heterocycles. The Morgan fingerprint density at radius 2 is 1.89 bits per heavy atom. The van der Waals surface area contributed by atoms with Gasteiger partial charge in [-0.25, -0.2) is 14.5 Å². The number of hydrogen-bond acceptors (Lipinski definition) is 5. The first kappa shape index (κ1) is 18.7. The van der Waals surface area contributed by atoms with Gasteiger partial charge in [0, 0.05) is 23.8 Å². The first-order valence-electron chi connectivity index (χ1n) is 9.45. The largest absolute Gasteiger partial charge is 0.340 e. The molecule has 0 spiro atoms. The Hall–Kier alpha value is -2.67. The van der Waals surface area contributed by atoms with Crippen LogP contribution in [0.4, 0.5) is 0 Å². The number of benzene rings is 1. The van der Waals surface area contributed by atoms with Gasteiger partial charge in [0.2, 0.25) is 0 Å². The Balaban J connectivity index is 1.74. The van der Waals surface area contributed by atoms with Gasteiger partial charge in [0.25, 0.3) is 5.78 Å². The molecule has 1 N–H and O–H groups in total. The molecule has 1 unspecified atom stereocenters. The second kappa shape index (κ2) is 7.75. The summed E-state index contributed by atoms with van der Waals surface area (Å²) in [5.41, 5.74) is 4.46. The van der Waals surface area contributed by atoms with Crippen molar-refractivity contribution in [1.29, 1.82) is 0 Å². The summed E-state index contributed by atoms with van der Waals surface area (Å²) >= 11 is 1.61. The quantitative estimate of drug-likeness (QED) is 0.488. The molecular formula is C21H24N6S. The lowest BCUT2D eigenvalue weighted by Crippen LogP contribution is -2.02. The molecule has 4 rings (SSSR count). The van der Waals surface area contributed by atoms with Crippen LogP contribution in [0.5, 0.6) is 0 Å². The van der Waals surface area contributed by atoms with Crippen LogP contribution in [0.25, 0.3) is 5.78 Å². The van der Waals surface area contributed by atoms with E-state index < -0.39 is 0 Å². The Morgan fingerprint density at radius 3 is 2.57 bits per heavy atom. The maximum absolute atomic E-state index is 4.76. The monoisotopic (exact) mass is 392 g/mol. The predicted molar refractivity (Wildman–Crippen MR) is 112 cm³/mol. The minimum absolute atomic E-state index is 0.0688. The Kier molecular flexibility index (Phi) is 5.17. The Morgan fingerprint density at radius 1 is 1.11 bits per heavy atom. The lowest BCUT2D eigenvalue weighted by Gasteiger charge is -2.13. The van der Waals surface area contributed by atoms with Gasteiger partial charge in [-0.2, -0.15) is 4.98 Å². The fourth-order valence-electron chi connectivity index (χ4n) is 3.29. The second-order valence-electron chi connectivity index (χ2n) is 7.45. The van der Waals surface area contributed by atoms with Crippen molar-refractivity contribution in [2.45, 2.75) is 44.5 Å². The summed E-state index contributed by atoms with van der Waals surface area (Å²) in [6.45, 7) is 8.47. The van der Waals surface area contributed by atoms with Crippen LogP contribution < -0.4 is 0 Å². The van der Waals surface area contributed by atoms with Crippen molar-refractivity contribution in [3.63, 3.8) is 0 Å². The standard InChI is InChI=1S/C21H24N6S/c1-13(2)11-16-5-7-17(8-6-16)18(28-21-22-9-10-23-21)19-25-20-24-14(3)12-15(4)27(20)26-19/h5-10,12-13,18H,11H2,1-4H3,(H,22,23). The summed E-state index contributed by atoms with van der Waals surface area (Å²) < 4.78 is 1.81. The molecule has 0 fully saturated rings. The topological polar surface area (TPSA) is 71.8 Å². The fourth-order valence-corrected chi connectivity index (χ4v) is 4.27. The van der Waals surface area contributed by atoms with Gasteiger partial charge in [-0.15, -0.1) is 5.10 Å². The number of aromatic amines is 1. The summed E-state index contributed by atoms with van der Waals surface area (Å²) in [5, 5.41) is 5.54. The summed E-state index contributed by atoms with van der Waals surface area (Å²) in [6, 6.07) is 10.8. The number of H-pyrrole nitrogens is 1. The molecule has 144 valence electrons. The van der Waals surface area contributed by atoms with Gasteiger partial charge in [0.05, 0.1) is 5.25 Å². The second-order valence-corrected chi connectivity index (χ2v) is 8.55. The van der Waals surface area contributed by atoms with E-state index in [9.17, 15) is 0 Å². The highest BCUT2D eigenvalue weighted by atomic mass is 32.2. The number of fused-ring (bicyclic) bond motifs is 1. The van der Waals surface area contributed by atoms with Crippen LogP contribution in [-0.2, 0) is 6.42 Å². The number of nitrogens with one attached hydrogen (secondary N) is 1. The van der Waals surface area contributed by atoms with Gasteiger partial charge in [0.1, 0.15) is 0 Å². The summed E-state index contributed by atoms with van der Waals surface area (Å²) in [4.78, 5) is 16.8. The molecule has 0 bridgehead atoms. The van der Waals surface area contributed by atoms with E-state index in [4.69, 9.17) is 10.1 Å². The highest BCUT2D eigenvalue weighted by Crippen LogP contribution is 2.37. The number of rotatable bonds is 6. The third-order valence-electron chi connectivity index (χ3n) is 4.50. The molecule has 0 aliphatic carbocycles. The van der Waals surface area contributed by atoms with Crippen molar-refractivity contribution in [3.05, 3.63) is 71.1 Å². The van der Waals surface area contributed by atoms with E-state index in [0.717, 1.165) is 34.4 Å². The van der Waals surface area contributed by atoms with E-state index in [1.807, 2.05) is 30.6 Å². The van der Waals surface area contributed by atoms with Crippen LogP contribution in [0, 0.1) is 19.8 Å². The van der Waals surface area contributed by atoms with Crippen LogP contribution in [0.3, 0.4) is 0 Å². The zero-order chi connectivity index (χ0) is 19.7. The first-order valence-corrected chi connectivity index (χ1v) is 10.3. The molecule has 1 atom stereocenters. The van der Waals surface area contributed by atoms with E-state index in [0.29, 0.717) is 11.7 Å². The van der Waals surface area contributed by atoms with Crippen molar-refractivity contribution in [2.24, 2.45) is 5.92 Å². The van der Waals surface area contributed by atoms with Crippen molar-refractivity contribution < 1.29 is 0 Å². The zero-order valence-electron chi connectivity index (χ0n) is 16.5. The smallest absolute Gasteiger partial charge is 0.252 e. The third-order valence-corrected chi connectivity index (χ3v) is 5.66. The number of hydrogen-bond donors (Lipinski definition) is 1. The minimum Gasteiger partial charge on any atom is -0.340 e. The van der Waals surface area contributed by atoms with Gasteiger partial charge >= 0.3 is 0 Å². The van der Waals surface area contributed by atoms with Gasteiger partial charge in [-0.1, -0.05) is 49.9 Å². The van der Waals surface area contributed by atoms with E-state index in [2.05, 4.69) is 53.1 Å².